The molecule has 0 nitrogen and oxygen atoms in total. The summed E-state index contributed by atoms with van der Waals surface area (Å²) in [5, 5.41) is 0. The number of thioether (sulfide) groups is 1. The van der Waals surface area contributed by atoms with Crippen molar-refractivity contribution in [3.8, 4) is 0 Å². The molecule has 1 aromatic rings. The molecule has 1 aromatic carbocycles. The van der Waals surface area contributed by atoms with Crippen LogP contribution < -0.4 is 0 Å². The first-order chi connectivity index (χ1) is 7.42. The van der Waals surface area contributed by atoms with Gasteiger partial charge in [-0.05, 0) is 39.3 Å². The molecule has 0 saturated carbocycles. The predicted octanol–water partition coefficient (Wildman–Crippen LogP) is 4.95. The maximum Gasteiger partial charge on any atom is 0.0713 e. The van der Waals surface area contributed by atoms with Crippen molar-refractivity contribution in [3.63, 3.8) is 0 Å². The van der Waals surface area contributed by atoms with Crippen LogP contribution in [0.2, 0.25) is 0 Å². The summed E-state index contributed by atoms with van der Waals surface area (Å²) >= 11 is 7.10. The zero-order valence-corrected chi connectivity index (χ0v) is 11.9. The number of benzene rings is 1. The van der Waals surface area contributed by atoms with Crippen molar-refractivity contribution < 1.29 is 0 Å². The summed E-state index contributed by atoms with van der Waals surface area (Å²) in [6.45, 7) is 8.56. The molecule has 0 spiro atoms. The average molecular weight is 250 g/mol. The van der Waals surface area contributed by atoms with Gasteiger partial charge in [-0.1, -0.05) is 48.1 Å². The van der Waals surface area contributed by atoms with Crippen LogP contribution in [0, 0.1) is 0 Å². The Morgan fingerprint density at radius 2 is 1.75 bits per heavy atom. The number of allylic oxidation sites excluding steroid dienone is 1. The molecule has 0 fully saturated rings. The van der Waals surface area contributed by atoms with E-state index in [-0.39, 0.29) is 4.75 Å². The summed E-state index contributed by atoms with van der Waals surface area (Å²) in [5.41, 5.74) is 2.56. The quantitative estimate of drug-likeness (QED) is 0.550. The van der Waals surface area contributed by atoms with E-state index < -0.39 is 0 Å². The molecule has 0 atom stereocenters. The van der Waals surface area contributed by atoms with E-state index >= 15 is 0 Å². The van der Waals surface area contributed by atoms with Crippen molar-refractivity contribution in [2.24, 2.45) is 0 Å². The Kier molecular flexibility index (Phi) is 4.75. The first kappa shape index (κ1) is 13.5. The second kappa shape index (κ2) is 5.65. The Hall–Kier alpha value is -0.600. The third kappa shape index (κ3) is 4.11. The smallest absolute Gasteiger partial charge is 0.0713 e. The molecule has 0 radical (unpaired) electrons. The van der Waals surface area contributed by atoms with Gasteiger partial charge in [0.05, 0.1) is 4.20 Å². The third-order valence-corrected chi connectivity index (χ3v) is 3.66. The topological polar surface area (TPSA) is 0 Å². The molecule has 1 rings (SSSR count). The molecule has 0 N–H and O–H groups in total. The first-order valence-corrected chi connectivity index (χ1v) is 6.58. The van der Waals surface area contributed by atoms with Gasteiger partial charge in [0.2, 0.25) is 0 Å². The van der Waals surface area contributed by atoms with Crippen LogP contribution in [0.25, 0.3) is 0 Å². The molecule has 16 heavy (non-hydrogen) atoms. The molecule has 0 saturated heterocycles. The number of hydrogen-bond acceptors (Lipinski definition) is 2. The van der Waals surface area contributed by atoms with Gasteiger partial charge in [-0.2, -0.15) is 0 Å². The average Bonchev–Trinajstić information content (AvgIpc) is 2.16. The second-order valence-corrected chi connectivity index (χ2v) is 6.88. The van der Waals surface area contributed by atoms with Gasteiger partial charge < -0.3 is 0 Å². The Labute approximate surface area is 108 Å². The fourth-order valence-corrected chi connectivity index (χ4v) is 3.33. The van der Waals surface area contributed by atoms with Crippen LogP contribution in [0.15, 0.2) is 42.0 Å². The predicted molar refractivity (Wildman–Crippen MR) is 79.1 cm³/mol. The van der Waals surface area contributed by atoms with Crippen LogP contribution in [0.5, 0.6) is 0 Å². The molecule has 0 unspecified atom stereocenters. The van der Waals surface area contributed by atoms with Crippen LogP contribution in [-0.2, 0) is 4.75 Å². The van der Waals surface area contributed by atoms with Crippen molar-refractivity contribution >= 4 is 28.2 Å². The highest BCUT2D eigenvalue weighted by Crippen LogP contribution is 2.36. The second-order valence-electron chi connectivity index (χ2n) is 4.52. The van der Waals surface area contributed by atoms with Gasteiger partial charge in [-0.25, -0.2) is 0 Å². The molecule has 0 aliphatic carbocycles. The van der Waals surface area contributed by atoms with Gasteiger partial charge >= 0.3 is 0 Å². The van der Waals surface area contributed by atoms with Crippen molar-refractivity contribution in [3.05, 3.63) is 47.5 Å². The van der Waals surface area contributed by atoms with Crippen molar-refractivity contribution in [2.75, 3.05) is 0 Å². The largest absolute Gasteiger partial charge is 0.104 e. The van der Waals surface area contributed by atoms with Crippen molar-refractivity contribution in [1.29, 1.82) is 0 Å². The summed E-state index contributed by atoms with van der Waals surface area (Å²) in [7, 11) is 0. The Bertz CT molecular complexity index is 384. The van der Waals surface area contributed by atoms with Gasteiger partial charge in [0.15, 0.2) is 0 Å². The van der Waals surface area contributed by atoms with E-state index in [1.54, 1.807) is 11.8 Å². The van der Waals surface area contributed by atoms with E-state index in [2.05, 4.69) is 58.0 Å². The fraction of sp³-hybridized carbons (Fsp3) is 0.357. The molecule has 0 amide bonds. The van der Waals surface area contributed by atoms with E-state index in [9.17, 15) is 0 Å². The summed E-state index contributed by atoms with van der Waals surface area (Å²) < 4.78 is 0.985. The lowest BCUT2D eigenvalue weighted by Gasteiger charge is -2.24. The lowest BCUT2D eigenvalue weighted by molar-refractivity contribution is 0.788. The summed E-state index contributed by atoms with van der Waals surface area (Å²) in [6, 6.07) is 10.5. The zero-order chi connectivity index (χ0) is 12.2. The molecule has 0 aromatic heterocycles. The molecule has 0 bridgehead atoms. The molecular formula is C14H18S2. The van der Waals surface area contributed by atoms with Gasteiger partial charge in [0.1, 0.15) is 0 Å². The van der Waals surface area contributed by atoms with E-state index in [0.717, 1.165) is 4.20 Å². The van der Waals surface area contributed by atoms with E-state index in [1.807, 2.05) is 6.07 Å². The minimum Gasteiger partial charge on any atom is -0.104 e. The van der Waals surface area contributed by atoms with Gasteiger partial charge in [-0.15, -0.1) is 11.8 Å². The van der Waals surface area contributed by atoms with E-state index in [1.165, 1.54) is 11.1 Å². The normalized spacial score (nSPS) is 11.0. The monoisotopic (exact) mass is 250 g/mol. The minimum absolute atomic E-state index is 0.0320. The maximum atomic E-state index is 5.36. The molecule has 0 aliphatic rings. The zero-order valence-electron chi connectivity index (χ0n) is 10.3. The highest BCUT2D eigenvalue weighted by molar-refractivity contribution is 8.24. The standard InChI is InChI=1S/C14H18S2/c1-11(2)10-13(15)16-14(3,4)12-8-6-5-7-9-12/h5-10H,1-4H3. The van der Waals surface area contributed by atoms with Gasteiger partial charge in [0.25, 0.3) is 0 Å². The van der Waals surface area contributed by atoms with Crippen LogP contribution in [0.4, 0.5) is 0 Å². The molecule has 86 valence electrons. The fourth-order valence-electron chi connectivity index (χ4n) is 1.42. The molecule has 2 heteroatoms. The van der Waals surface area contributed by atoms with Crippen molar-refractivity contribution in [2.45, 2.75) is 32.4 Å². The van der Waals surface area contributed by atoms with Crippen LogP contribution in [-0.4, -0.2) is 4.20 Å². The Morgan fingerprint density at radius 1 is 1.19 bits per heavy atom. The molecule has 0 heterocycles. The van der Waals surface area contributed by atoms with Gasteiger partial charge in [-0.3, -0.25) is 0 Å². The summed E-state index contributed by atoms with van der Waals surface area (Å²) in [4.78, 5) is 0. The highest BCUT2D eigenvalue weighted by Gasteiger charge is 2.22. The highest BCUT2D eigenvalue weighted by atomic mass is 32.2. The van der Waals surface area contributed by atoms with Crippen LogP contribution >= 0.6 is 24.0 Å². The van der Waals surface area contributed by atoms with Crippen LogP contribution in [0.1, 0.15) is 33.3 Å². The van der Waals surface area contributed by atoms with E-state index in [4.69, 9.17) is 12.2 Å². The number of hydrogen-bond donors (Lipinski definition) is 0. The summed E-state index contributed by atoms with van der Waals surface area (Å²) in [6.07, 6.45) is 2.06. The number of thiocarbonyl (C=S) groups is 1. The maximum absolute atomic E-state index is 5.36. The van der Waals surface area contributed by atoms with Gasteiger partial charge in [0, 0.05) is 4.75 Å². The first-order valence-electron chi connectivity index (χ1n) is 5.35. The Morgan fingerprint density at radius 3 is 2.25 bits per heavy atom. The number of rotatable bonds is 3. The lowest BCUT2D eigenvalue weighted by Crippen LogP contribution is -2.13. The SMILES string of the molecule is CC(C)=CC(=S)SC(C)(C)c1ccccc1. The molecule has 0 aliphatic heterocycles. The minimum atomic E-state index is 0.0320. The van der Waals surface area contributed by atoms with E-state index in [0.29, 0.717) is 0 Å². The lowest BCUT2D eigenvalue weighted by atomic mass is 10.0. The van der Waals surface area contributed by atoms with Crippen LogP contribution in [0.3, 0.4) is 0 Å². The molecular weight excluding hydrogens is 232 g/mol. The van der Waals surface area contributed by atoms with Crippen molar-refractivity contribution in [1.82, 2.24) is 0 Å². The summed E-state index contributed by atoms with van der Waals surface area (Å²) in [5.74, 6) is 0. The Balaban J connectivity index is 2.80. The third-order valence-electron chi connectivity index (χ3n) is 2.23.